The third-order valence-electron chi connectivity index (χ3n) is 2.69. The van der Waals surface area contributed by atoms with Crippen LogP contribution in [0.5, 0.6) is 5.75 Å². The standard InChI is InChI=1S/C14H13FN2O2/c1-8-6-7-11(9(2)16-8)17-14(19)13-10(15)4-3-5-12(13)18/h3-7,18H,1-2H3,(H,17,19). The maximum absolute atomic E-state index is 13.5. The predicted octanol–water partition coefficient (Wildman–Crippen LogP) is 2.80. The average Bonchev–Trinajstić information content (AvgIpc) is 2.32. The Hall–Kier alpha value is -2.43. The largest absolute Gasteiger partial charge is 0.507 e. The molecule has 1 aromatic heterocycles. The van der Waals surface area contributed by atoms with Crippen LogP contribution in [0.1, 0.15) is 21.7 Å². The second-order valence-corrected chi connectivity index (χ2v) is 4.17. The van der Waals surface area contributed by atoms with Crippen molar-refractivity contribution in [3.63, 3.8) is 0 Å². The molecule has 0 spiro atoms. The minimum atomic E-state index is -0.768. The Morgan fingerprint density at radius 1 is 1.26 bits per heavy atom. The first-order valence-corrected chi connectivity index (χ1v) is 5.72. The molecule has 1 amide bonds. The first kappa shape index (κ1) is 13.0. The molecule has 0 aliphatic rings. The number of amides is 1. The number of nitrogens with zero attached hydrogens (tertiary/aromatic N) is 1. The SMILES string of the molecule is Cc1ccc(NC(=O)c2c(O)cccc2F)c(C)n1. The van der Waals surface area contributed by atoms with Crippen LogP contribution in [-0.2, 0) is 0 Å². The third kappa shape index (κ3) is 2.70. The van der Waals surface area contributed by atoms with Crippen LogP contribution in [0, 0.1) is 19.7 Å². The smallest absolute Gasteiger partial charge is 0.262 e. The van der Waals surface area contributed by atoms with Crippen LogP contribution in [0.15, 0.2) is 30.3 Å². The summed E-state index contributed by atoms with van der Waals surface area (Å²) in [4.78, 5) is 16.1. The molecular formula is C14H13FN2O2. The van der Waals surface area contributed by atoms with E-state index in [0.717, 1.165) is 11.8 Å². The molecule has 0 saturated heterocycles. The summed E-state index contributed by atoms with van der Waals surface area (Å²) in [5.74, 6) is -1.87. The van der Waals surface area contributed by atoms with Crippen molar-refractivity contribution in [3.05, 3.63) is 53.1 Å². The highest BCUT2D eigenvalue weighted by Crippen LogP contribution is 2.22. The quantitative estimate of drug-likeness (QED) is 0.872. The van der Waals surface area contributed by atoms with Gasteiger partial charge in [0.05, 0.1) is 11.4 Å². The zero-order valence-electron chi connectivity index (χ0n) is 10.6. The van der Waals surface area contributed by atoms with Crippen LogP contribution < -0.4 is 5.32 Å². The van der Waals surface area contributed by atoms with Gasteiger partial charge >= 0.3 is 0 Å². The van der Waals surface area contributed by atoms with E-state index in [4.69, 9.17) is 0 Å². The fraction of sp³-hybridized carbons (Fsp3) is 0.143. The molecule has 2 N–H and O–H groups in total. The maximum atomic E-state index is 13.5. The average molecular weight is 260 g/mol. The summed E-state index contributed by atoms with van der Waals surface area (Å²) >= 11 is 0. The number of nitrogens with one attached hydrogen (secondary N) is 1. The van der Waals surface area contributed by atoms with Gasteiger partial charge in [-0.05, 0) is 38.1 Å². The van der Waals surface area contributed by atoms with Crippen molar-refractivity contribution in [1.29, 1.82) is 0 Å². The molecule has 0 fully saturated rings. The number of aryl methyl sites for hydroxylation is 2. The highest BCUT2D eigenvalue weighted by molar-refractivity contribution is 6.06. The number of carbonyl (C=O) groups excluding carboxylic acids is 1. The van der Waals surface area contributed by atoms with Gasteiger partial charge in [0.15, 0.2) is 0 Å². The lowest BCUT2D eigenvalue weighted by Crippen LogP contribution is -2.15. The molecular weight excluding hydrogens is 247 g/mol. The van der Waals surface area contributed by atoms with Crippen LogP contribution in [-0.4, -0.2) is 16.0 Å². The highest BCUT2D eigenvalue weighted by atomic mass is 19.1. The zero-order chi connectivity index (χ0) is 14.0. The van der Waals surface area contributed by atoms with Crippen molar-refractivity contribution in [3.8, 4) is 5.75 Å². The molecule has 98 valence electrons. The number of aromatic hydroxyl groups is 1. The van der Waals surface area contributed by atoms with E-state index < -0.39 is 17.5 Å². The number of anilines is 1. The number of halogens is 1. The summed E-state index contributed by atoms with van der Waals surface area (Å²) in [6, 6.07) is 7.14. The molecule has 0 radical (unpaired) electrons. The van der Waals surface area contributed by atoms with E-state index in [1.165, 1.54) is 12.1 Å². The summed E-state index contributed by atoms with van der Waals surface area (Å²) in [5, 5.41) is 12.1. The Morgan fingerprint density at radius 2 is 2.00 bits per heavy atom. The Kier molecular flexibility index (Phi) is 3.46. The lowest BCUT2D eigenvalue weighted by Gasteiger charge is -2.10. The zero-order valence-corrected chi connectivity index (χ0v) is 10.6. The first-order chi connectivity index (χ1) is 8.99. The lowest BCUT2D eigenvalue weighted by atomic mass is 10.1. The molecule has 0 saturated carbocycles. The van der Waals surface area contributed by atoms with Gasteiger partial charge in [0.25, 0.3) is 5.91 Å². The minimum Gasteiger partial charge on any atom is -0.507 e. The Bertz CT molecular complexity index is 621. The number of rotatable bonds is 2. The molecule has 19 heavy (non-hydrogen) atoms. The van der Waals surface area contributed by atoms with Crippen molar-refractivity contribution < 1.29 is 14.3 Å². The molecule has 0 unspecified atom stereocenters. The fourth-order valence-electron chi connectivity index (χ4n) is 1.74. The monoisotopic (exact) mass is 260 g/mol. The highest BCUT2D eigenvalue weighted by Gasteiger charge is 2.17. The first-order valence-electron chi connectivity index (χ1n) is 5.72. The lowest BCUT2D eigenvalue weighted by molar-refractivity contribution is 0.102. The third-order valence-corrected chi connectivity index (χ3v) is 2.69. The number of hydrogen-bond donors (Lipinski definition) is 2. The second-order valence-electron chi connectivity index (χ2n) is 4.17. The van der Waals surface area contributed by atoms with Crippen LogP contribution in [0.2, 0.25) is 0 Å². The number of phenolic OH excluding ortho intramolecular Hbond substituents is 1. The van der Waals surface area contributed by atoms with Gasteiger partial charge in [-0.15, -0.1) is 0 Å². The fourth-order valence-corrected chi connectivity index (χ4v) is 1.74. The molecule has 0 aliphatic carbocycles. The van der Waals surface area contributed by atoms with Crippen molar-refractivity contribution in [2.45, 2.75) is 13.8 Å². The van der Waals surface area contributed by atoms with E-state index in [1.807, 2.05) is 6.92 Å². The van der Waals surface area contributed by atoms with E-state index in [9.17, 15) is 14.3 Å². The summed E-state index contributed by atoms with van der Waals surface area (Å²) in [5.41, 5.74) is 1.56. The van der Waals surface area contributed by atoms with Gasteiger partial charge in [-0.3, -0.25) is 9.78 Å². The Morgan fingerprint density at radius 3 is 2.63 bits per heavy atom. The predicted molar refractivity (Wildman–Crippen MR) is 69.7 cm³/mol. The number of carbonyl (C=O) groups is 1. The number of aromatic nitrogens is 1. The van der Waals surface area contributed by atoms with Crippen molar-refractivity contribution in [1.82, 2.24) is 4.98 Å². The Labute approximate surface area is 109 Å². The van der Waals surface area contributed by atoms with Gasteiger partial charge in [-0.25, -0.2) is 4.39 Å². The van der Waals surface area contributed by atoms with Gasteiger partial charge in [-0.1, -0.05) is 6.07 Å². The summed E-state index contributed by atoms with van der Waals surface area (Å²) < 4.78 is 13.5. The van der Waals surface area contributed by atoms with Crippen molar-refractivity contribution in [2.75, 3.05) is 5.32 Å². The summed E-state index contributed by atoms with van der Waals surface area (Å²) in [7, 11) is 0. The molecule has 5 heteroatoms. The molecule has 1 aromatic carbocycles. The van der Waals surface area contributed by atoms with Crippen molar-refractivity contribution >= 4 is 11.6 Å². The molecule has 1 heterocycles. The molecule has 0 aliphatic heterocycles. The number of pyridine rings is 1. The maximum Gasteiger partial charge on any atom is 0.262 e. The van der Waals surface area contributed by atoms with E-state index in [-0.39, 0.29) is 5.56 Å². The molecule has 2 rings (SSSR count). The minimum absolute atomic E-state index is 0.373. The van der Waals surface area contributed by atoms with Gasteiger partial charge in [0.1, 0.15) is 17.1 Å². The Balaban J connectivity index is 2.31. The van der Waals surface area contributed by atoms with Crippen molar-refractivity contribution in [2.24, 2.45) is 0 Å². The van der Waals surface area contributed by atoms with Crippen LogP contribution in [0.3, 0.4) is 0 Å². The van der Waals surface area contributed by atoms with Gasteiger partial charge in [0, 0.05) is 5.69 Å². The normalized spacial score (nSPS) is 10.3. The molecule has 4 nitrogen and oxygen atoms in total. The van der Waals surface area contributed by atoms with E-state index in [2.05, 4.69) is 10.3 Å². The van der Waals surface area contributed by atoms with Crippen LogP contribution in [0.25, 0.3) is 0 Å². The van der Waals surface area contributed by atoms with Gasteiger partial charge in [0.2, 0.25) is 0 Å². The van der Waals surface area contributed by atoms with Crippen LogP contribution in [0.4, 0.5) is 10.1 Å². The van der Waals surface area contributed by atoms with Gasteiger partial charge in [-0.2, -0.15) is 0 Å². The van der Waals surface area contributed by atoms with Gasteiger partial charge < -0.3 is 10.4 Å². The summed E-state index contributed by atoms with van der Waals surface area (Å²) in [6.45, 7) is 3.57. The van der Waals surface area contributed by atoms with E-state index >= 15 is 0 Å². The number of hydrogen-bond acceptors (Lipinski definition) is 3. The number of phenols is 1. The molecule has 2 aromatic rings. The topological polar surface area (TPSA) is 62.2 Å². The van der Waals surface area contributed by atoms with Crippen LogP contribution >= 0.6 is 0 Å². The molecule has 0 atom stereocenters. The molecule has 0 bridgehead atoms. The van der Waals surface area contributed by atoms with E-state index in [0.29, 0.717) is 11.4 Å². The summed E-state index contributed by atoms with van der Waals surface area (Å²) in [6.07, 6.45) is 0. The second kappa shape index (κ2) is 5.06. The van der Waals surface area contributed by atoms with E-state index in [1.54, 1.807) is 19.1 Å². The number of benzene rings is 1.